The Balaban J connectivity index is 1.23. The number of hydrogen-bond donors (Lipinski definition) is 2. The first kappa shape index (κ1) is 34.7. The van der Waals surface area contributed by atoms with Crippen LogP contribution in [0.25, 0.3) is 0 Å². The number of H-pyrrole nitrogens is 2. The van der Waals surface area contributed by atoms with E-state index in [1.54, 1.807) is 0 Å². The molecule has 7 rings (SSSR count). The van der Waals surface area contributed by atoms with E-state index in [1.807, 2.05) is 97.3 Å². The quantitative estimate of drug-likeness (QED) is 0.101. The molecular weight excluding hydrogens is 636 g/mol. The van der Waals surface area contributed by atoms with Crippen LogP contribution in [0, 0.1) is 0 Å². The Morgan fingerprint density at radius 1 is 0.451 bits per heavy atom. The Labute approximate surface area is 300 Å². The van der Waals surface area contributed by atoms with Gasteiger partial charge in [-0.1, -0.05) is 121 Å². The first-order chi connectivity index (χ1) is 25.3. The first-order valence-corrected chi connectivity index (χ1v) is 17.8. The monoisotopic (exact) mass is 682 g/mol. The van der Waals surface area contributed by atoms with E-state index in [4.69, 9.17) is 23.7 Å². The van der Waals surface area contributed by atoms with Gasteiger partial charge in [-0.2, -0.15) is 0 Å². The third-order valence-corrected chi connectivity index (χ3v) is 9.44. The molecule has 4 aromatic carbocycles. The van der Waals surface area contributed by atoms with E-state index in [1.165, 1.54) is 0 Å². The molecule has 0 saturated carbocycles. The summed E-state index contributed by atoms with van der Waals surface area (Å²) < 4.78 is 34.3. The molecule has 0 radical (unpaired) electrons. The Kier molecular flexibility index (Phi) is 12.2. The first-order valence-electron chi connectivity index (χ1n) is 17.8. The number of aromatic amines is 2. The lowest BCUT2D eigenvalue weighted by molar-refractivity contribution is -0.274. The number of ether oxygens (including phenoxy) is 5. The standard InChI is InChI=1S/C44H46N2O5/c1-5-15-33(16-6-1)28-47-32-41-43(49-30-35-19-9-3-10-20-35)44(50-31-36-21-11-4-12-22-36)42(48-29-34-17-7-2-8-18-34)40(51-41)27-37(38-23-13-25-45-38)39-24-14-26-46-39/h1-26,37,40-46H,27-32H2/t40-,41-,42+,43+,44-/m1/s1. The molecule has 0 spiro atoms. The molecule has 1 aliphatic rings. The lowest BCUT2D eigenvalue weighted by Crippen LogP contribution is -2.61. The maximum Gasteiger partial charge on any atom is 0.115 e. The average Bonchev–Trinajstić information content (AvgIpc) is 3.93. The van der Waals surface area contributed by atoms with Gasteiger partial charge in [-0.25, -0.2) is 0 Å². The van der Waals surface area contributed by atoms with Crippen LogP contribution in [-0.4, -0.2) is 47.1 Å². The Morgan fingerprint density at radius 2 is 0.863 bits per heavy atom. The molecule has 1 fully saturated rings. The molecule has 1 saturated heterocycles. The fraction of sp³-hybridized carbons (Fsp3) is 0.273. The van der Waals surface area contributed by atoms with Crippen molar-refractivity contribution in [3.05, 3.63) is 192 Å². The predicted octanol–water partition coefficient (Wildman–Crippen LogP) is 8.61. The van der Waals surface area contributed by atoms with Gasteiger partial charge in [-0.15, -0.1) is 0 Å². The van der Waals surface area contributed by atoms with E-state index in [0.717, 1.165) is 33.6 Å². The summed E-state index contributed by atoms with van der Waals surface area (Å²) >= 11 is 0. The molecule has 0 aliphatic carbocycles. The van der Waals surface area contributed by atoms with Gasteiger partial charge < -0.3 is 33.7 Å². The van der Waals surface area contributed by atoms with Crippen molar-refractivity contribution in [3.8, 4) is 0 Å². The zero-order valence-corrected chi connectivity index (χ0v) is 28.8. The van der Waals surface area contributed by atoms with Crippen molar-refractivity contribution in [1.29, 1.82) is 0 Å². The number of benzene rings is 4. The Bertz CT molecular complexity index is 1770. The van der Waals surface area contributed by atoms with Crippen LogP contribution in [0.15, 0.2) is 158 Å². The van der Waals surface area contributed by atoms with Crippen LogP contribution >= 0.6 is 0 Å². The van der Waals surface area contributed by atoms with Gasteiger partial charge in [0.15, 0.2) is 0 Å². The smallest absolute Gasteiger partial charge is 0.115 e. The third-order valence-electron chi connectivity index (χ3n) is 9.44. The van der Waals surface area contributed by atoms with Gasteiger partial charge in [0, 0.05) is 29.7 Å². The van der Waals surface area contributed by atoms with Gasteiger partial charge in [0.25, 0.3) is 0 Å². The zero-order chi connectivity index (χ0) is 34.5. The molecule has 51 heavy (non-hydrogen) atoms. The Hall–Kier alpha value is -4.76. The summed E-state index contributed by atoms with van der Waals surface area (Å²) in [5, 5.41) is 0. The summed E-state index contributed by atoms with van der Waals surface area (Å²) in [5.41, 5.74) is 6.54. The van der Waals surface area contributed by atoms with Crippen LogP contribution in [-0.2, 0) is 50.1 Å². The molecule has 7 nitrogen and oxygen atoms in total. The van der Waals surface area contributed by atoms with Crippen molar-refractivity contribution in [3.63, 3.8) is 0 Å². The van der Waals surface area contributed by atoms with Crippen molar-refractivity contribution in [1.82, 2.24) is 9.97 Å². The molecule has 0 unspecified atom stereocenters. The van der Waals surface area contributed by atoms with Crippen LogP contribution in [0.3, 0.4) is 0 Å². The van der Waals surface area contributed by atoms with Gasteiger partial charge >= 0.3 is 0 Å². The van der Waals surface area contributed by atoms with Crippen molar-refractivity contribution < 1.29 is 23.7 Å². The van der Waals surface area contributed by atoms with Gasteiger partial charge in [0.05, 0.1) is 39.1 Å². The van der Waals surface area contributed by atoms with E-state index in [0.29, 0.717) is 39.5 Å². The van der Waals surface area contributed by atoms with Crippen molar-refractivity contribution in [2.75, 3.05) is 6.61 Å². The van der Waals surface area contributed by atoms with E-state index < -0.39 is 24.4 Å². The van der Waals surface area contributed by atoms with Crippen LogP contribution in [0.5, 0.6) is 0 Å². The highest BCUT2D eigenvalue weighted by Crippen LogP contribution is 2.37. The minimum atomic E-state index is -0.476. The predicted molar refractivity (Wildman–Crippen MR) is 198 cm³/mol. The normalized spacial score (nSPS) is 20.5. The van der Waals surface area contributed by atoms with Gasteiger partial charge in [0.1, 0.15) is 24.4 Å². The number of aromatic nitrogens is 2. The highest BCUT2D eigenvalue weighted by molar-refractivity contribution is 5.25. The topological polar surface area (TPSA) is 77.7 Å². The highest BCUT2D eigenvalue weighted by Gasteiger charge is 2.49. The minimum absolute atomic E-state index is 0.00488. The van der Waals surface area contributed by atoms with Crippen molar-refractivity contribution in [2.45, 2.75) is 69.3 Å². The highest BCUT2D eigenvalue weighted by atomic mass is 16.6. The average molecular weight is 683 g/mol. The molecule has 7 heteroatoms. The number of rotatable bonds is 17. The SMILES string of the molecule is c1ccc(COC[C@H]2O[C@H](CC(c3ccc[nH]3)c3ccc[nH]3)[C@H](OCc3ccccc3)[C@@H](OCc3ccccc3)[C@H]2OCc2ccccc2)cc1. The van der Waals surface area contributed by atoms with Gasteiger partial charge in [-0.3, -0.25) is 0 Å². The molecule has 5 atom stereocenters. The largest absolute Gasteiger partial charge is 0.374 e. The molecule has 3 heterocycles. The van der Waals surface area contributed by atoms with Crippen LogP contribution in [0.1, 0.15) is 46.0 Å². The second-order valence-corrected chi connectivity index (χ2v) is 13.0. The second kappa shape index (κ2) is 17.9. The summed E-state index contributed by atoms with van der Waals surface area (Å²) in [7, 11) is 0. The lowest BCUT2D eigenvalue weighted by Gasteiger charge is -2.47. The van der Waals surface area contributed by atoms with Crippen molar-refractivity contribution in [2.24, 2.45) is 0 Å². The maximum absolute atomic E-state index is 7.15. The van der Waals surface area contributed by atoms with Gasteiger partial charge in [0.2, 0.25) is 0 Å². The summed E-state index contributed by atoms with van der Waals surface area (Å²) in [4.78, 5) is 6.92. The molecular formula is C44H46N2O5. The van der Waals surface area contributed by atoms with Crippen LogP contribution in [0.2, 0.25) is 0 Å². The third kappa shape index (κ3) is 9.52. The molecule has 6 aromatic rings. The van der Waals surface area contributed by atoms with Gasteiger partial charge in [-0.05, 0) is 52.9 Å². The molecule has 1 aliphatic heterocycles. The molecule has 262 valence electrons. The number of hydrogen-bond acceptors (Lipinski definition) is 5. The summed E-state index contributed by atoms with van der Waals surface area (Å²) in [6.45, 7) is 2.01. The van der Waals surface area contributed by atoms with E-state index >= 15 is 0 Å². The van der Waals surface area contributed by atoms with E-state index in [2.05, 4.69) is 70.6 Å². The number of nitrogens with one attached hydrogen (secondary N) is 2. The minimum Gasteiger partial charge on any atom is -0.374 e. The van der Waals surface area contributed by atoms with Crippen molar-refractivity contribution >= 4 is 0 Å². The zero-order valence-electron chi connectivity index (χ0n) is 28.8. The maximum atomic E-state index is 7.15. The van der Waals surface area contributed by atoms with E-state index in [-0.39, 0.29) is 12.0 Å². The molecule has 0 bridgehead atoms. The fourth-order valence-electron chi connectivity index (χ4n) is 6.85. The van der Waals surface area contributed by atoms with Crippen LogP contribution < -0.4 is 0 Å². The molecule has 0 amide bonds. The van der Waals surface area contributed by atoms with E-state index in [9.17, 15) is 0 Å². The molecule has 2 aromatic heterocycles. The summed E-state index contributed by atoms with van der Waals surface area (Å²) in [6, 6.07) is 49.3. The second-order valence-electron chi connectivity index (χ2n) is 13.0. The summed E-state index contributed by atoms with van der Waals surface area (Å²) in [6.07, 6.45) is 2.41. The van der Waals surface area contributed by atoms with Crippen LogP contribution in [0.4, 0.5) is 0 Å². The lowest BCUT2D eigenvalue weighted by atomic mass is 9.86. The Morgan fingerprint density at radius 3 is 1.29 bits per heavy atom. The molecule has 2 N–H and O–H groups in total. The summed E-state index contributed by atoms with van der Waals surface area (Å²) in [5.74, 6) is 0.00488. The fourth-order valence-corrected chi connectivity index (χ4v) is 6.85.